The number of nitrogens with one attached hydrogen (secondary N) is 1. The zero-order valence-corrected chi connectivity index (χ0v) is 18.3. The van der Waals surface area contributed by atoms with Gasteiger partial charge in [0, 0.05) is 6.54 Å². The van der Waals surface area contributed by atoms with E-state index in [1.165, 1.54) is 25.1 Å². The van der Waals surface area contributed by atoms with Crippen LogP contribution in [0, 0.1) is 5.82 Å². The van der Waals surface area contributed by atoms with Crippen LogP contribution in [0.5, 0.6) is 11.5 Å². The van der Waals surface area contributed by atoms with E-state index in [9.17, 15) is 17.6 Å². The van der Waals surface area contributed by atoms with Gasteiger partial charge in [-0.2, -0.15) is 0 Å². The predicted molar refractivity (Wildman–Crippen MR) is 114 cm³/mol. The van der Waals surface area contributed by atoms with Crippen molar-refractivity contribution >= 4 is 21.6 Å². The second-order valence-corrected chi connectivity index (χ2v) is 8.41. The molecule has 2 aromatic carbocycles. The SMILES string of the molecule is CCOc1ccc(CNC(=O)C(C)N(c2ccccc2F)S(C)(=O)=O)cc1OCC. The average molecular weight is 439 g/mol. The van der Waals surface area contributed by atoms with Gasteiger partial charge in [0.2, 0.25) is 15.9 Å². The second-order valence-electron chi connectivity index (χ2n) is 6.55. The Labute approximate surface area is 176 Å². The molecule has 164 valence electrons. The number of para-hydroxylation sites is 1. The summed E-state index contributed by atoms with van der Waals surface area (Å²) < 4.78 is 50.6. The standard InChI is InChI=1S/C21H27FN2O5S/c1-5-28-19-12-11-16(13-20(19)29-6-2)14-23-21(25)15(3)24(30(4,26)27)18-10-8-7-9-17(18)22/h7-13,15H,5-6,14H2,1-4H3,(H,23,25). The van der Waals surface area contributed by atoms with Crippen LogP contribution in [-0.2, 0) is 21.4 Å². The first-order valence-electron chi connectivity index (χ1n) is 9.59. The Balaban J connectivity index is 2.18. The van der Waals surface area contributed by atoms with Crippen LogP contribution in [0.1, 0.15) is 26.3 Å². The summed E-state index contributed by atoms with van der Waals surface area (Å²) in [4.78, 5) is 12.7. The lowest BCUT2D eigenvalue weighted by atomic mass is 10.2. The van der Waals surface area contributed by atoms with Gasteiger partial charge >= 0.3 is 0 Å². The molecule has 9 heteroatoms. The minimum absolute atomic E-state index is 0.143. The van der Waals surface area contributed by atoms with E-state index in [4.69, 9.17) is 9.47 Å². The van der Waals surface area contributed by atoms with Gasteiger partial charge in [-0.3, -0.25) is 9.10 Å². The van der Waals surface area contributed by atoms with Gasteiger partial charge in [0.1, 0.15) is 11.9 Å². The summed E-state index contributed by atoms with van der Waals surface area (Å²) in [5.74, 6) is -0.125. The average Bonchev–Trinajstić information content (AvgIpc) is 2.68. The number of rotatable bonds is 10. The minimum atomic E-state index is -3.90. The van der Waals surface area contributed by atoms with E-state index in [1.807, 2.05) is 13.8 Å². The van der Waals surface area contributed by atoms with E-state index in [-0.39, 0.29) is 12.2 Å². The highest BCUT2D eigenvalue weighted by atomic mass is 32.2. The summed E-state index contributed by atoms with van der Waals surface area (Å²) in [5.41, 5.74) is 0.571. The third-order valence-electron chi connectivity index (χ3n) is 4.25. The molecule has 0 saturated heterocycles. The lowest BCUT2D eigenvalue weighted by Gasteiger charge is -2.28. The fourth-order valence-electron chi connectivity index (χ4n) is 2.95. The minimum Gasteiger partial charge on any atom is -0.490 e. The molecule has 0 spiro atoms. The number of amides is 1. The summed E-state index contributed by atoms with van der Waals surface area (Å²) in [6.45, 7) is 6.23. The van der Waals surface area contributed by atoms with Crippen LogP contribution in [-0.4, -0.2) is 39.8 Å². The first kappa shape index (κ1) is 23.5. The number of benzene rings is 2. The van der Waals surface area contributed by atoms with Gasteiger partial charge in [-0.05, 0) is 50.6 Å². The Morgan fingerprint density at radius 1 is 1.10 bits per heavy atom. The first-order valence-corrected chi connectivity index (χ1v) is 11.4. The van der Waals surface area contributed by atoms with Crippen LogP contribution >= 0.6 is 0 Å². The number of anilines is 1. The molecule has 0 radical (unpaired) electrons. The van der Waals surface area contributed by atoms with Gasteiger partial charge in [-0.15, -0.1) is 0 Å². The molecule has 1 atom stereocenters. The molecule has 30 heavy (non-hydrogen) atoms. The number of hydrogen-bond acceptors (Lipinski definition) is 5. The summed E-state index contributed by atoms with van der Waals surface area (Å²) in [7, 11) is -3.90. The Bertz CT molecular complexity index is 981. The van der Waals surface area contributed by atoms with E-state index in [2.05, 4.69) is 5.32 Å². The van der Waals surface area contributed by atoms with E-state index >= 15 is 0 Å². The fraction of sp³-hybridized carbons (Fsp3) is 0.381. The normalized spacial score (nSPS) is 12.2. The molecule has 0 aliphatic carbocycles. The molecule has 2 aromatic rings. The largest absolute Gasteiger partial charge is 0.490 e. The number of nitrogens with zero attached hydrogens (tertiary/aromatic N) is 1. The van der Waals surface area contributed by atoms with Gasteiger partial charge in [0.05, 0.1) is 25.2 Å². The van der Waals surface area contributed by atoms with Gasteiger partial charge in [0.25, 0.3) is 0 Å². The number of hydrogen-bond donors (Lipinski definition) is 1. The van der Waals surface area contributed by atoms with Crippen LogP contribution in [0.15, 0.2) is 42.5 Å². The zero-order chi connectivity index (χ0) is 22.3. The molecule has 0 heterocycles. The molecule has 1 amide bonds. The molecule has 0 saturated carbocycles. The summed E-state index contributed by atoms with van der Waals surface area (Å²) >= 11 is 0. The molecule has 2 rings (SSSR count). The molecular formula is C21H27FN2O5S. The highest BCUT2D eigenvalue weighted by molar-refractivity contribution is 7.92. The van der Waals surface area contributed by atoms with Crippen molar-refractivity contribution in [3.8, 4) is 11.5 Å². The quantitative estimate of drug-likeness (QED) is 0.616. The fourth-order valence-corrected chi connectivity index (χ4v) is 4.13. The van der Waals surface area contributed by atoms with Crippen LogP contribution in [0.3, 0.4) is 0 Å². The molecule has 7 nitrogen and oxygen atoms in total. The molecule has 0 fully saturated rings. The Kier molecular flexibility index (Phi) is 8.05. The summed E-state index contributed by atoms with van der Waals surface area (Å²) in [6.07, 6.45) is 0.935. The van der Waals surface area contributed by atoms with Gasteiger partial charge in [0.15, 0.2) is 11.5 Å². The Morgan fingerprint density at radius 3 is 2.33 bits per heavy atom. The van der Waals surface area contributed by atoms with E-state index in [1.54, 1.807) is 18.2 Å². The van der Waals surface area contributed by atoms with Crippen LogP contribution < -0.4 is 19.1 Å². The maximum absolute atomic E-state index is 14.2. The maximum Gasteiger partial charge on any atom is 0.243 e. The van der Waals surface area contributed by atoms with Gasteiger partial charge in [-0.25, -0.2) is 12.8 Å². The van der Waals surface area contributed by atoms with Crippen molar-refractivity contribution in [2.24, 2.45) is 0 Å². The summed E-state index contributed by atoms with van der Waals surface area (Å²) in [5, 5.41) is 2.70. The van der Waals surface area contributed by atoms with Crippen molar-refractivity contribution in [2.75, 3.05) is 23.8 Å². The third-order valence-corrected chi connectivity index (χ3v) is 5.48. The van der Waals surface area contributed by atoms with E-state index in [0.717, 1.165) is 22.2 Å². The van der Waals surface area contributed by atoms with Crippen molar-refractivity contribution in [1.29, 1.82) is 0 Å². The maximum atomic E-state index is 14.2. The highest BCUT2D eigenvalue weighted by Gasteiger charge is 2.30. The number of ether oxygens (including phenoxy) is 2. The Hall–Kier alpha value is -2.81. The van der Waals surface area contributed by atoms with Crippen LogP contribution in [0.2, 0.25) is 0 Å². The second kappa shape index (κ2) is 10.3. The van der Waals surface area contributed by atoms with E-state index < -0.39 is 27.8 Å². The molecule has 0 bridgehead atoms. The molecule has 1 N–H and O–H groups in total. The smallest absolute Gasteiger partial charge is 0.243 e. The number of carbonyl (C=O) groups excluding carboxylic acids is 1. The lowest BCUT2D eigenvalue weighted by Crippen LogP contribution is -2.48. The van der Waals surface area contributed by atoms with E-state index in [0.29, 0.717) is 24.7 Å². The van der Waals surface area contributed by atoms with Crippen LogP contribution in [0.25, 0.3) is 0 Å². The van der Waals surface area contributed by atoms with Crippen molar-refractivity contribution < 1.29 is 27.1 Å². The van der Waals surface area contributed by atoms with Crippen LogP contribution in [0.4, 0.5) is 10.1 Å². The van der Waals surface area contributed by atoms with Crippen molar-refractivity contribution in [1.82, 2.24) is 5.32 Å². The molecule has 0 aliphatic rings. The molecule has 0 aliphatic heterocycles. The third kappa shape index (κ3) is 5.85. The summed E-state index contributed by atoms with van der Waals surface area (Å²) in [6, 6.07) is 9.57. The number of halogens is 1. The lowest BCUT2D eigenvalue weighted by molar-refractivity contribution is -0.122. The molecular weight excluding hydrogens is 411 g/mol. The predicted octanol–water partition coefficient (Wildman–Crippen LogP) is 3.09. The van der Waals surface area contributed by atoms with Crippen molar-refractivity contribution in [3.05, 3.63) is 53.8 Å². The Morgan fingerprint density at radius 2 is 1.73 bits per heavy atom. The number of sulfonamides is 1. The highest BCUT2D eigenvalue weighted by Crippen LogP contribution is 2.29. The van der Waals surface area contributed by atoms with Gasteiger partial charge < -0.3 is 14.8 Å². The monoisotopic (exact) mass is 438 g/mol. The number of carbonyl (C=O) groups is 1. The molecule has 1 unspecified atom stereocenters. The topological polar surface area (TPSA) is 84.9 Å². The zero-order valence-electron chi connectivity index (χ0n) is 17.5. The van der Waals surface area contributed by atoms with Crippen molar-refractivity contribution in [2.45, 2.75) is 33.4 Å². The van der Waals surface area contributed by atoms with Gasteiger partial charge in [-0.1, -0.05) is 18.2 Å². The first-order chi connectivity index (χ1) is 14.2. The van der Waals surface area contributed by atoms with Crippen molar-refractivity contribution in [3.63, 3.8) is 0 Å². The molecule has 0 aromatic heterocycles.